The lowest BCUT2D eigenvalue weighted by Gasteiger charge is -2.03. The van der Waals surface area contributed by atoms with E-state index in [4.69, 9.17) is 10.8 Å². The van der Waals surface area contributed by atoms with Crippen LogP contribution in [0.5, 0.6) is 0 Å². The van der Waals surface area contributed by atoms with Gasteiger partial charge in [0.2, 0.25) is 14.9 Å². The van der Waals surface area contributed by atoms with Gasteiger partial charge in [0, 0.05) is 13.0 Å². The highest BCUT2D eigenvalue weighted by Gasteiger charge is 2.26. The van der Waals surface area contributed by atoms with E-state index in [9.17, 15) is 18.0 Å². The molecular formula is C9H14N4O6S. The monoisotopic (exact) mass is 306 g/mol. The Balaban J connectivity index is 2.80. The number of carbonyl (C=O) groups excluding carboxylic acids is 1. The van der Waals surface area contributed by atoms with Crippen molar-refractivity contribution in [2.24, 2.45) is 0 Å². The first-order chi connectivity index (χ1) is 9.27. The first kappa shape index (κ1) is 15.9. The number of carboxylic acid groups (broad SMARTS) is 1. The minimum Gasteiger partial charge on any atom is -0.480 e. The molecule has 0 fully saturated rings. The first-order valence-electron chi connectivity index (χ1n) is 5.48. The van der Waals surface area contributed by atoms with Crippen molar-refractivity contribution < 1.29 is 27.9 Å². The van der Waals surface area contributed by atoms with Crippen molar-refractivity contribution in [1.82, 2.24) is 15.0 Å². The fourth-order valence-corrected chi connectivity index (χ4v) is 2.44. The molecule has 0 amide bonds. The fraction of sp³-hybridized carbons (Fsp3) is 0.556. The fourth-order valence-electron chi connectivity index (χ4n) is 1.40. The molecule has 1 rings (SSSR count). The van der Waals surface area contributed by atoms with E-state index < -0.39 is 32.6 Å². The predicted octanol–water partition coefficient (Wildman–Crippen LogP) is -1.33. The summed E-state index contributed by atoms with van der Waals surface area (Å²) in [6.45, 7) is 0.163. The number of carbonyl (C=O) groups is 2. The number of sulfone groups is 1. The number of esters is 1. The van der Waals surface area contributed by atoms with Gasteiger partial charge in [0.1, 0.15) is 0 Å². The molecule has 1 heterocycles. The molecule has 11 heteroatoms. The summed E-state index contributed by atoms with van der Waals surface area (Å²) in [5.74, 6) is -3.29. The number of aliphatic carboxylic acids is 1. The predicted molar refractivity (Wildman–Crippen MR) is 65.4 cm³/mol. The van der Waals surface area contributed by atoms with Gasteiger partial charge in [-0.25, -0.2) is 13.1 Å². The van der Waals surface area contributed by atoms with Crippen LogP contribution in [0.25, 0.3) is 0 Å². The van der Waals surface area contributed by atoms with Gasteiger partial charge in [-0.3, -0.25) is 9.59 Å². The van der Waals surface area contributed by atoms with E-state index in [1.54, 1.807) is 0 Å². The molecule has 112 valence electrons. The molecule has 0 aliphatic heterocycles. The van der Waals surface area contributed by atoms with Crippen LogP contribution in [0.1, 0.15) is 12.8 Å². The lowest BCUT2D eigenvalue weighted by molar-refractivity contribution is -0.140. The summed E-state index contributed by atoms with van der Waals surface area (Å²) >= 11 is 0. The maximum Gasteiger partial charge on any atom is 0.319 e. The van der Waals surface area contributed by atoms with Gasteiger partial charge in [0.15, 0.2) is 11.6 Å². The van der Waals surface area contributed by atoms with Crippen LogP contribution in [-0.4, -0.2) is 53.3 Å². The topological polar surface area (TPSA) is 154 Å². The molecular weight excluding hydrogens is 292 g/mol. The van der Waals surface area contributed by atoms with Crippen LogP contribution in [0.4, 0.5) is 5.82 Å². The maximum atomic E-state index is 11.7. The van der Waals surface area contributed by atoms with Crippen LogP contribution in [0.2, 0.25) is 0 Å². The zero-order valence-corrected chi connectivity index (χ0v) is 11.5. The van der Waals surface area contributed by atoms with E-state index in [1.165, 1.54) is 7.11 Å². The van der Waals surface area contributed by atoms with Gasteiger partial charge in [-0.05, 0) is 6.42 Å². The van der Waals surface area contributed by atoms with Gasteiger partial charge in [0.05, 0.1) is 7.11 Å². The largest absolute Gasteiger partial charge is 0.480 e. The third-order valence-corrected chi connectivity index (χ3v) is 3.83. The Morgan fingerprint density at radius 1 is 1.45 bits per heavy atom. The van der Waals surface area contributed by atoms with Gasteiger partial charge in [-0.15, -0.1) is 5.10 Å². The van der Waals surface area contributed by atoms with E-state index in [-0.39, 0.29) is 18.8 Å². The highest BCUT2D eigenvalue weighted by molar-refractivity contribution is 7.92. The summed E-state index contributed by atoms with van der Waals surface area (Å²) in [7, 11) is -2.87. The number of aromatic nitrogens is 3. The van der Waals surface area contributed by atoms with Gasteiger partial charge < -0.3 is 15.6 Å². The smallest absolute Gasteiger partial charge is 0.319 e. The molecule has 1 aromatic heterocycles. The Hall–Kier alpha value is -2.17. The van der Waals surface area contributed by atoms with Crippen molar-refractivity contribution in [3.05, 3.63) is 0 Å². The van der Waals surface area contributed by atoms with Gasteiger partial charge in [0.25, 0.3) is 0 Å². The number of carboxylic acids is 1. The van der Waals surface area contributed by atoms with E-state index in [2.05, 4.69) is 15.0 Å². The first-order valence-corrected chi connectivity index (χ1v) is 7.13. The number of nitrogens with two attached hydrogens (primary N) is 1. The molecule has 3 N–H and O–H groups in total. The molecule has 0 unspecified atom stereocenters. The number of ether oxygens (including phenoxy) is 1. The third kappa shape index (κ3) is 3.91. The number of rotatable bonds is 7. The van der Waals surface area contributed by atoms with E-state index >= 15 is 0 Å². The van der Waals surface area contributed by atoms with E-state index in [0.717, 1.165) is 4.68 Å². The maximum absolute atomic E-state index is 11.7. The van der Waals surface area contributed by atoms with Crippen LogP contribution in [0.3, 0.4) is 0 Å². The average molecular weight is 306 g/mol. The number of hydrogen-bond acceptors (Lipinski definition) is 8. The standard InChI is InChI=1S/C9H14N4O6S/c1-19-7(16)3-2-4-13-8(10)9(11-12-13)20(17,18)5-6(14)15/h2-5,10H2,1H3,(H,14,15). The number of anilines is 1. The molecule has 0 aliphatic carbocycles. The van der Waals surface area contributed by atoms with Gasteiger partial charge in [-0.2, -0.15) is 0 Å². The number of nitrogen functional groups attached to an aromatic ring is 1. The van der Waals surface area contributed by atoms with Crippen molar-refractivity contribution in [3.63, 3.8) is 0 Å². The van der Waals surface area contributed by atoms with E-state index in [0.29, 0.717) is 6.42 Å². The lowest BCUT2D eigenvalue weighted by Crippen LogP contribution is -2.17. The second-order valence-corrected chi connectivity index (χ2v) is 5.74. The molecule has 0 radical (unpaired) electrons. The van der Waals surface area contributed by atoms with Crippen molar-refractivity contribution in [2.45, 2.75) is 24.4 Å². The second-order valence-electron chi connectivity index (χ2n) is 3.84. The van der Waals surface area contributed by atoms with Crippen molar-refractivity contribution in [2.75, 3.05) is 18.6 Å². The molecule has 0 atom stereocenters. The SMILES string of the molecule is COC(=O)CCCn1nnc(S(=O)(=O)CC(=O)O)c1N. The molecule has 20 heavy (non-hydrogen) atoms. The Labute approximate surface area is 114 Å². The minimum atomic E-state index is -4.13. The Morgan fingerprint density at radius 3 is 2.65 bits per heavy atom. The Bertz CT molecular complexity index is 608. The van der Waals surface area contributed by atoms with E-state index in [1.807, 2.05) is 0 Å². The van der Waals surface area contributed by atoms with Crippen molar-refractivity contribution in [3.8, 4) is 0 Å². The zero-order valence-electron chi connectivity index (χ0n) is 10.6. The van der Waals surface area contributed by atoms with Gasteiger partial charge >= 0.3 is 11.9 Å². The highest BCUT2D eigenvalue weighted by Crippen LogP contribution is 2.16. The molecule has 1 aromatic rings. The average Bonchev–Trinajstić information content (AvgIpc) is 2.70. The summed E-state index contributed by atoms with van der Waals surface area (Å²) in [6, 6.07) is 0. The van der Waals surface area contributed by atoms with Crippen LogP contribution in [-0.2, 0) is 30.7 Å². The van der Waals surface area contributed by atoms with Crippen LogP contribution >= 0.6 is 0 Å². The highest BCUT2D eigenvalue weighted by atomic mass is 32.2. The van der Waals surface area contributed by atoms with Crippen LogP contribution in [0.15, 0.2) is 5.03 Å². The summed E-state index contributed by atoms with van der Waals surface area (Å²) in [5, 5.41) is 14.8. The van der Waals surface area contributed by atoms with Crippen LogP contribution in [0, 0.1) is 0 Å². The molecule has 0 aromatic carbocycles. The van der Waals surface area contributed by atoms with Crippen molar-refractivity contribution in [1.29, 1.82) is 0 Å². The third-order valence-electron chi connectivity index (χ3n) is 2.33. The summed E-state index contributed by atoms with van der Waals surface area (Å²) in [6.07, 6.45) is 0.450. The molecule has 0 spiro atoms. The minimum absolute atomic E-state index is 0.118. The summed E-state index contributed by atoms with van der Waals surface area (Å²) in [5.41, 5.74) is 5.56. The Kier molecular flexibility index (Phi) is 5.02. The number of methoxy groups -OCH3 is 1. The molecule has 0 aliphatic rings. The lowest BCUT2D eigenvalue weighted by atomic mass is 10.3. The quantitative estimate of drug-likeness (QED) is 0.583. The van der Waals surface area contributed by atoms with Crippen molar-refractivity contribution >= 4 is 27.6 Å². The number of aryl methyl sites for hydroxylation is 1. The molecule has 0 saturated heterocycles. The van der Waals surface area contributed by atoms with Crippen LogP contribution < -0.4 is 5.73 Å². The van der Waals surface area contributed by atoms with Gasteiger partial charge in [-0.1, -0.05) is 5.21 Å². The number of nitrogens with zero attached hydrogens (tertiary/aromatic N) is 3. The normalized spacial score (nSPS) is 11.2. The molecule has 0 saturated carbocycles. The summed E-state index contributed by atoms with van der Waals surface area (Å²) in [4.78, 5) is 21.4. The second kappa shape index (κ2) is 6.32. The molecule has 0 bridgehead atoms. The summed E-state index contributed by atoms with van der Waals surface area (Å²) < 4.78 is 28.8. The zero-order chi connectivity index (χ0) is 15.3. The number of hydrogen-bond donors (Lipinski definition) is 2. The Morgan fingerprint density at radius 2 is 2.10 bits per heavy atom. The molecule has 10 nitrogen and oxygen atoms in total.